The number of Topliss-reactive ketones (excluding diaryl/α,β-unsaturated/α-hetero) is 1. The molecule has 0 saturated carbocycles. The van der Waals surface area contributed by atoms with Crippen molar-refractivity contribution in [2.24, 2.45) is 0 Å². The van der Waals surface area contributed by atoms with Crippen molar-refractivity contribution >= 4 is 34.7 Å². The van der Waals surface area contributed by atoms with Crippen LogP contribution in [0.4, 0.5) is 0 Å². The summed E-state index contributed by atoms with van der Waals surface area (Å²) in [5.74, 6) is 0.235. The van der Waals surface area contributed by atoms with E-state index < -0.39 is 0 Å². The molecule has 0 aliphatic rings. The Labute approximate surface area is 122 Å². The molecule has 0 aliphatic heterocycles. The molecule has 0 radical (unpaired) electrons. The molecule has 0 bridgehead atoms. The van der Waals surface area contributed by atoms with Crippen LogP contribution in [0.1, 0.15) is 19.3 Å². The van der Waals surface area contributed by atoms with Crippen molar-refractivity contribution in [3.63, 3.8) is 0 Å². The quantitative estimate of drug-likeness (QED) is 0.214. The average Bonchev–Trinajstić information content (AvgIpc) is 2.39. The maximum absolute atomic E-state index is 11.0. The first-order chi connectivity index (χ1) is 8.81. The van der Waals surface area contributed by atoms with Gasteiger partial charge < -0.3 is 19.6 Å². The summed E-state index contributed by atoms with van der Waals surface area (Å²) in [6.07, 6.45) is 3.26. The van der Waals surface area contributed by atoms with Crippen LogP contribution in [0.25, 0.3) is 0 Å². The highest BCUT2D eigenvalue weighted by Crippen LogP contribution is 1.90. The molecule has 0 saturated heterocycles. The lowest BCUT2D eigenvalue weighted by Crippen LogP contribution is -2.24. The number of rotatable bonds is 14. The third kappa shape index (κ3) is 14.0. The maximum atomic E-state index is 11.0. The Morgan fingerprint density at radius 3 is 2.50 bits per heavy atom. The molecule has 0 unspecified atom stereocenters. The molecule has 0 rings (SSSR count). The van der Waals surface area contributed by atoms with E-state index in [4.69, 9.17) is 9.47 Å². The highest BCUT2D eigenvalue weighted by Gasteiger charge is 1.97. The van der Waals surface area contributed by atoms with Gasteiger partial charge >= 0.3 is 0 Å². The molecule has 0 heterocycles. The fourth-order valence-electron chi connectivity index (χ4n) is 1.18. The van der Waals surface area contributed by atoms with Crippen LogP contribution in [0.3, 0.4) is 0 Å². The van der Waals surface area contributed by atoms with Gasteiger partial charge in [-0.15, -0.1) is 0 Å². The van der Waals surface area contributed by atoms with E-state index in [9.17, 15) is 9.59 Å². The lowest BCUT2D eigenvalue weighted by atomic mass is 10.3. The molecule has 1 N–H and O–H groups in total. The van der Waals surface area contributed by atoms with Gasteiger partial charge in [-0.25, -0.2) is 0 Å². The first-order valence-electron chi connectivity index (χ1n) is 6.18. The summed E-state index contributed by atoms with van der Waals surface area (Å²) in [5, 5.41) is 3.09. The molecule has 0 atom stereocenters. The van der Waals surface area contributed by atoms with E-state index in [1.54, 1.807) is 0 Å². The topological polar surface area (TPSA) is 64.6 Å². The van der Waals surface area contributed by atoms with Crippen LogP contribution >= 0.6 is 22.6 Å². The highest BCUT2D eigenvalue weighted by atomic mass is 127. The van der Waals surface area contributed by atoms with Crippen molar-refractivity contribution in [1.29, 1.82) is 0 Å². The van der Waals surface area contributed by atoms with Gasteiger partial charge in [0.15, 0.2) is 5.78 Å². The van der Waals surface area contributed by atoms with Crippen LogP contribution in [-0.2, 0) is 19.1 Å². The minimum absolute atomic E-state index is 0.235. The summed E-state index contributed by atoms with van der Waals surface area (Å²) >= 11 is 2.07. The number of hydrogen-bond donors (Lipinski definition) is 1. The van der Waals surface area contributed by atoms with E-state index in [0.29, 0.717) is 43.8 Å². The van der Waals surface area contributed by atoms with Crippen LogP contribution < -0.4 is 5.32 Å². The molecule has 0 fully saturated rings. The first-order valence-corrected chi connectivity index (χ1v) is 7.71. The Morgan fingerprint density at radius 2 is 1.83 bits per heavy atom. The molecular formula is C12H22INO4. The van der Waals surface area contributed by atoms with Crippen molar-refractivity contribution in [3.05, 3.63) is 0 Å². The summed E-state index contributed by atoms with van der Waals surface area (Å²) in [5.41, 5.74) is 0. The minimum Gasteiger partial charge on any atom is -0.379 e. The number of unbranched alkanes of at least 4 members (excludes halogenated alkanes) is 1. The Bertz CT molecular complexity index is 214. The SMILES string of the molecule is O=CCCOCCOCCCCNCC(=O)CI. The zero-order chi connectivity index (χ0) is 13.5. The highest BCUT2D eigenvalue weighted by molar-refractivity contribution is 14.1. The third-order valence-corrected chi connectivity index (χ3v) is 2.97. The Morgan fingerprint density at radius 1 is 1.11 bits per heavy atom. The smallest absolute Gasteiger partial charge is 0.156 e. The normalized spacial score (nSPS) is 10.5. The Hall–Kier alpha value is -0.0500. The largest absolute Gasteiger partial charge is 0.379 e. The number of aldehydes is 1. The molecule has 18 heavy (non-hydrogen) atoms. The van der Waals surface area contributed by atoms with E-state index in [2.05, 4.69) is 27.9 Å². The molecule has 0 aromatic heterocycles. The molecule has 0 spiro atoms. The van der Waals surface area contributed by atoms with Gasteiger partial charge in [0.1, 0.15) is 6.29 Å². The fraction of sp³-hybridized carbons (Fsp3) is 0.833. The number of carbonyl (C=O) groups excluding carboxylic acids is 2. The molecule has 0 aromatic carbocycles. The van der Waals surface area contributed by atoms with Crippen LogP contribution in [0.15, 0.2) is 0 Å². The summed E-state index contributed by atoms with van der Waals surface area (Å²) in [6, 6.07) is 0. The van der Waals surface area contributed by atoms with Gasteiger partial charge in [0.05, 0.1) is 30.8 Å². The van der Waals surface area contributed by atoms with E-state index in [1.165, 1.54) is 0 Å². The van der Waals surface area contributed by atoms with Crippen LogP contribution in [0.2, 0.25) is 0 Å². The van der Waals surface area contributed by atoms with Gasteiger partial charge in [-0.2, -0.15) is 0 Å². The molecule has 6 heteroatoms. The van der Waals surface area contributed by atoms with E-state index in [-0.39, 0.29) is 5.78 Å². The molecule has 5 nitrogen and oxygen atoms in total. The van der Waals surface area contributed by atoms with E-state index >= 15 is 0 Å². The van der Waals surface area contributed by atoms with Gasteiger partial charge in [-0.1, -0.05) is 22.6 Å². The van der Waals surface area contributed by atoms with Gasteiger partial charge in [0, 0.05) is 13.0 Å². The number of ether oxygens (including phenoxy) is 2. The van der Waals surface area contributed by atoms with Crippen LogP contribution in [0.5, 0.6) is 0 Å². The monoisotopic (exact) mass is 371 g/mol. The third-order valence-electron chi connectivity index (χ3n) is 2.12. The zero-order valence-corrected chi connectivity index (χ0v) is 12.8. The number of hydrogen-bond acceptors (Lipinski definition) is 5. The lowest BCUT2D eigenvalue weighted by Gasteiger charge is -2.05. The van der Waals surface area contributed by atoms with Gasteiger partial charge in [-0.05, 0) is 19.4 Å². The summed E-state index contributed by atoms with van der Waals surface area (Å²) in [4.78, 5) is 21.0. The van der Waals surface area contributed by atoms with Gasteiger partial charge in [0.25, 0.3) is 0 Å². The second-order valence-electron chi connectivity index (χ2n) is 3.74. The number of alkyl halides is 1. The second-order valence-corrected chi connectivity index (χ2v) is 4.50. The summed E-state index contributed by atoms with van der Waals surface area (Å²) in [6.45, 7) is 3.60. The van der Waals surface area contributed by atoms with Crippen molar-refractivity contribution < 1.29 is 19.1 Å². The fourth-order valence-corrected chi connectivity index (χ4v) is 1.45. The second kappa shape index (κ2) is 15.0. The number of carbonyl (C=O) groups is 2. The van der Waals surface area contributed by atoms with Crippen molar-refractivity contribution in [2.75, 3.05) is 43.9 Å². The van der Waals surface area contributed by atoms with Crippen LogP contribution in [-0.4, -0.2) is 56.0 Å². The van der Waals surface area contributed by atoms with E-state index in [0.717, 1.165) is 25.7 Å². The van der Waals surface area contributed by atoms with Crippen molar-refractivity contribution in [1.82, 2.24) is 5.32 Å². The lowest BCUT2D eigenvalue weighted by molar-refractivity contribution is -0.115. The zero-order valence-electron chi connectivity index (χ0n) is 10.7. The standard InChI is InChI=1S/C12H22INO4/c13-10-12(16)11-14-4-1-2-6-17-8-9-18-7-3-5-15/h5,14H,1-4,6-11H2. The summed E-state index contributed by atoms with van der Waals surface area (Å²) < 4.78 is 11.1. The minimum atomic E-state index is 0.235. The average molecular weight is 371 g/mol. The summed E-state index contributed by atoms with van der Waals surface area (Å²) in [7, 11) is 0. The van der Waals surface area contributed by atoms with Crippen molar-refractivity contribution in [3.8, 4) is 0 Å². The molecule has 0 aromatic rings. The van der Waals surface area contributed by atoms with Crippen LogP contribution in [0, 0.1) is 0 Å². The van der Waals surface area contributed by atoms with E-state index in [1.807, 2.05) is 0 Å². The predicted octanol–water partition coefficient (Wildman–Crippen LogP) is 0.983. The number of nitrogens with one attached hydrogen (secondary N) is 1. The number of ketones is 1. The number of halogens is 1. The Balaban J connectivity index is 2.98. The first kappa shape index (κ1) is 17.9. The van der Waals surface area contributed by atoms with Crippen molar-refractivity contribution in [2.45, 2.75) is 19.3 Å². The molecular weight excluding hydrogens is 349 g/mol. The van der Waals surface area contributed by atoms with Gasteiger partial charge in [0.2, 0.25) is 0 Å². The van der Waals surface area contributed by atoms with Gasteiger partial charge in [-0.3, -0.25) is 4.79 Å². The predicted molar refractivity (Wildman–Crippen MR) is 78.3 cm³/mol. The molecule has 0 amide bonds. The molecule has 0 aliphatic carbocycles. The maximum Gasteiger partial charge on any atom is 0.156 e. The molecule has 106 valence electrons. The Kier molecular flexibility index (Phi) is 15.0.